The van der Waals surface area contributed by atoms with Crippen LogP contribution in [0.15, 0.2) is 36.4 Å². The third-order valence-electron chi connectivity index (χ3n) is 9.53. The van der Waals surface area contributed by atoms with Gasteiger partial charge >= 0.3 is 0 Å². The van der Waals surface area contributed by atoms with Gasteiger partial charge in [-0.05, 0) is 85.1 Å². The minimum Gasteiger partial charge on any atom is -0.508 e. The summed E-state index contributed by atoms with van der Waals surface area (Å²) in [6.45, 7) is 19.8. The van der Waals surface area contributed by atoms with Crippen molar-refractivity contribution in [2.24, 2.45) is 11.3 Å². The van der Waals surface area contributed by atoms with E-state index in [-0.39, 0.29) is 6.10 Å². The number of aryl methyl sites for hydroxylation is 1. The molecule has 0 aromatic heterocycles. The molecule has 1 aliphatic carbocycles. The molecule has 1 saturated carbocycles. The maximum Gasteiger partial charge on any atom is 0.207 e. The number of benzene rings is 2. The molecular formula is C40H66ClN3O3. The SMILES string of the molecule is CC.CC(C)(C)C1CCC(c2cc(CCC(CCNC=O)Oc3cc(Cl)cc(N4CCNCC4)c3)ccc2O)CC1.CCCCCC. The minimum atomic E-state index is -0.0775. The molecule has 1 unspecified atom stereocenters. The Hall–Kier alpha value is -2.44. The van der Waals surface area contributed by atoms with Gasteiger partial charge < -0.3 is 25.4 Å². The summed E-state index contributed by atoms with van der Waals surface area (Å²) < 4.78 is 6.48. The Bertz CT molecular complexity index is 1130. The van der Waals surface area contributed by atoms with Crippen LogP contribution in [0.2, 0.25) is 5.02 Å². The highest BCUT2D eigenvalue weighted by atomic mass is 35.5. The van der Waals surface area contributed by atoms with Crippen molar-refractivity contribution in [1.82, 2.24) is 10.6 Å². The third kappa shape index (κ3) is 14.7. The van der Waals surface area contributed by atoms with Gasteiger partial charge in [0.15, 0.2) is 0 Å². The number of carbonyl (C=O) groups is 1. The molecule has 0 spiro atoms. The molecule has 2 aromatic carbocycles. The fraction of sp³-hybridized carbons (Fsp3) is 0.675. The van der Waals surface area contributed by atoms with Crippen LogP contribution < -0.4 is 20.3 Å². The van der Waals surface area contributed by atoms with Crippen LogP contribution in [0.3, 0.4) is 0 Å². The number of phenolic OH excluding ortho intramolecular Hbond substituents is 1. The average molecular weight is 672 g/mol. The highest BCUT2D eigenvalue weighted by molar-refractivity contribution is 6.31. The molecule has 0 radical (unpaired) electrons. The van der Waals surface area contributed by atoms with Gasteiger partial charge in [0.05, 0.1) is 0 Å². The second-order valence-electron chi connectivity index (χ2n) is 14.0. The molecule has 1 aliphatic heterocycles. The van der Waals surface area contributed by atoms with Crippen LogP contribution in [0, 0.1) is 11.3 Å². The number of nitrogens with one attached hydrogen (secondary N) is 2. The summed E-state index contributed by atoms with van der Waals surface area (Å²) in [5.41, 5.74) is 3.73. The Balaban J connectivity index is 0.000000863. The van der Waals surface area contributed by atoms with Crippen LogP contribution in [0.4, 0.5) is 5.69 Å². The van der Waals surface area contributed by atoms with Gasteiger partial charge in [0.1, 0.15) is 17.6 Å². The standard InChI is InChI=1S/C32H46ClN3O3.C6H14.C2H6/c1-32(2,3)25-8-6-24(7-9-25)30-18-23(5-11-31(30)38)4-10-28(12-13-35-22-37)39-29-20-26(33)19-27(21-29)36-16-14-34-15-17-36;1-3-5-6-4-2;1-2/h5,11,18-22,24-25,28,34,38H,4,6-10,12-17H2,1-3H3,(H,35,37);3-6H2,1-2H3;1-2H3. The lowest BCUT2D eigenvalue weighted by atomic mass is 9.68. The van der Waals surface area contributed by atoms with Gasteiger partial charge in [-0.1, -0.05) is 97.9 Å². The first-order valence-corrected chi connectivity index (χ1v) is 18.9. The number of rotatable bonds is 14. The summed E-state index contributed by atoms with van der Waals surface area (Å²) in [6, 6.07) is 12.0. The lowest BCUT2D eigenvalue weighted by molar-refractivity contribution is -0.109. The number of halogens is 1. The molecule has 47 heavy (non-hydrogen) atoms. The van der Waals surface area contributed by atoms with E-state index >= 15 is 0 Å². The van der Waals surface area contributed by atoms with Crippen molar-refractivity contribution >= 4 is 23.7 Å². The van der Waals surface area contributed by atoms with Gasteiger partial charge in [-0.25, -0.2) is 0 Å². The third-order valence-corrected chi connectivity index (χ3v) is 9.75. The second kappa shape index (κ2) is 22.2. The second-order valence-corrected chi connectivity index (χ2v) is 14.5. The summed E-state index contributed by atoms with van der Waals surface area (Å²) in [5, 5.41) is 17.5. The van der Waals surface area contributed by atoms with Gasteiger partial charge in [0.25, 0.3) is 0 Å². The Morgan fingerprint density at radius 3 is 2.26 bits per heavy atom. The number of hydrogen-bond donors (Lipinski definition) is 3. The number of nitrogens with zero attached hydrogens (tertiary/aromatic N) is 1. The van der Waals surface area contributed by atoms with Crippen molar-refractivity contribution in [3.05, 3.63) is 52.5 Å². The maximum atomic E-state index is 10.9. The van der Waals surface area contributed by atoms with E-state index in [1.54, 1.807) is 0 Å². The zero-order chi connectivity index (χ0) is 34.7. The van der Waals surface area contributed by atoms with Crippen LogP contribution in [0.1, 0.15) is 130 Å². The number of anilines is 1. The largest absolute Gasteiger partial charge is 0.508 e. The maximum absolute atomic E-state index is 10.9. The van der Waals surface area contributed by atoms with Gasteiger partial charge in [-0.15, -0.1) is 0 Å². The van der Waals surface area contributed by atoms with Gasteiger partial charge in [0, 0.05) is 55.9 Å². The predicted molar refractivity (Wildman–Crippen MR) is 201 cm³/mol. The number of carbonyl (C=O) groups excluding carboxylic acids is 1. The monoisotopic (exact) mass is 671 g/mol. The highest BCUT2D eigenvalue weighted by Crippen LogP contribution is 2.45. The van der Waals surface area contributed by atoms with Crippen molar-refractivity contribution in [1.29, 1.82) is 0 Å². The Labute approximate surface area is 292 Å². The molecule has 2 aliphatic rings. The summed E-state index contributed by atoms with van der Waals surface area (Å²) in [6.07, 6.45) is 13.2. The van der Waals surface area contributed by atoms with Crippen LogP contribution in [-0.2, 0) is 11.2 Å². The number of unbranched alkanes of at least 4 members (excludes halogenated alkanes) is 3. The van der Waals surface area contributed by atoms with E-state index in [9.17, 15) is 9.90 Å². The molecule has 2 fully saturated rings. The first-order chi connectivity index (χ1) is 22.6. The van der Waals surface area contributed by atoms with Crippen molar-refractivity contribution in [2.45, 2.75) is 131 Å². The molecule has 2 aromatic rings. The number of aromatic hydroxyl groups is 1. The Kier molecular flexibility index (Phi) is 19.3. The van der Waals surface area contributed by atoms with Gasteiger partial charge in [-0.3, -0.25) is 4.79 Å². The topological polar surface area (TPSA) is 73.8 Å². The van der Waals surface area contributed by atoms with E-state index in [4.69, 9.17) is 16.3 Å². The first kappa shape index (κ1) is 40.7. The van der Waals surface area contributed by atoms with Crippen LogP contribution in [0.5, 0.6) is 11.5 Å². The van der Waals surface area contributed by atoms with E-state index < -0.39 is 0 Å². The quantitative estimate of drug-likeness (QED) is 0.138. The number of ether oxygens (including phenoxy) is 1. The molecule has 4 rings (SSSR count). The zero-order valence-corrected chi connectivity index (χ0v) is 31.4. The van der Waals surface area contributed by atoms with E-state index in [2.05, 4.69) is 62.3 Å². The summed E-state index contributed by atoms with van der Waals surface area (Å²) in [4.78, 5) is 13.2. The smallest absolute Gasteiger partial charge is 0.207 e. The lowest BCUT2D eigenvalue weighted by Crippen LogP contribution is -2.43. The van der Waals surface area contributed by atoms with E-state index in [1.165, 1.54) is 44.1 Å². The minimum absolute atomic E-state index is 0.0775. The summed E-state index contributed by atoms with van der Waals surface area (Å²) in [7, 11) is 0. The predicted octanol–water partition coefficient (Wildman–Crippen LogP) is 9.90. The van der Waals surface area contributed by atoms with Gasteiger partial charge in [0.2, 0.25) is 6.41 Å². The Morgan fingerprint density at radius 2 is 1.66 bits per heavy atom. The molecule has 3 N–H and O–H groups in total. The molecule has 1 saturated heterocycles. The molecule has 1 heterocycles. The number of phenols is 1. The van der Waals surface area contributed by atoms with Crippen LogP contribution in [0.25, 0.3) is 0 Å². The molecular weight excluding hydrogens is 606 g/mol. The summed E-state index contributed by atoms with van der Waals surface area (Å²) in [5.74, 6) is 2.34. The fourth-order valence-electron chi connectivity index (χ4n) is 6.66. The molecule has 0 bridgehead atoms. The molecule has 1 amide bonds. The molecule has 1 atom stereocenters. The zero-order valence-electron chi connectivity index (χ0n) is 30.7. The van der Waals surface area contributed by atoms with Crippen molar-refractivity contribution in [3.63, 3.8) is 0 Å². The van der Waals surface area contributed by atoms with E-state index in [0.29, 0.717) is 35.1 Å². The van der Waals surface area contributed by atoms with Crippen molar-refractivity contribution in [2.75, 3.05) is 37.6 Å². The number of hydrogen-bond acceptors (Lipinski definition) is 5. The summed E-state index contributed by atoms with van der Waals surface area (Å²) >= 11 is 6.49. The van der Waals surface area contributed by atoms with Crippen LogP contribution in [-0.4, -0.2) is 50.3 Å². The van der Waals surface area contributed by atoms with E-state index in [0.717, 1.165) is 81.2 Å². The first-order valence-electron chi connectivity index (χ1n) is 18.6. The fourth-order valence-corrected chi connectivity index (χ4v) is 6.88. The average Bonchev–Trinajstić information content (AvgIpc) is 3.08. The van der Waals surface area contributed by atoms with Crippen molar-refractivity contribution in [3.8, 4) is 11.5 Å². The molecule has 6 nitrogen and oxygen atoms in total. The van der Waals surface area contributed by atoms with Gasteiger partial charge in [-0.2, -0.15) is 0 Å². The normalized spacial score (nSPS) is 18.6. The lowest BCUT2D eigenvalue weighted by Gasteiger charge is -2.37. The van der Waals surface area contributed by atoms with E-state index in [1.807, 2.05) is 38.1 Å². The number of piperazine rings is 1. The molecule has 266 valence electrons. The highest BCUT2D eigenvalue weighted by Gasteiger charge is 2.31. The van der Waals surface area contributed by atoms with Crippen LogP contribution >= 0.6 is 11.6 Å². The number of amides is 1. The van der Waals surface area contributed by atoms with Crippen molar-refractivity contribution < 1.29 is 14.6 Å². The molecule has 7 heteroatoms. The Morgan fingerprint density at radius 1 is 1.00 bits per heavy atom.